The Balaban J connectivity index is 1.39. The Morgan fingerprint density at radius 3 is 2.59 bits per heavy atom. The van der Waals surface area contributed by atoms with E-state index in [1.807, 2.05) is 19.1 Å². The average molecular weight is 579 g/mol. The number of amides is 1. The van der Waals surface area contributed by atoms with E-state index in [-0.39, 0.29) is 17.4 Å². The minimum atomic E-state index is -4.00. The summed E-state index contributed by atoms with van der Waals surface area (Å²) in [6.45, 7) is 11.2. The first kappa shape index (κ1) is 28.8. The van der Waals surface area contributed by atoms with E-state index in [4.69, 9.17) is 4.74 Å². The first-order valence-electron chi connectivity index (χ1n) is 13.9. The van der Waals surface area contributed by atoms with Crippen LogP contribution in [0.5, 0.6) is 5.75 Å². The lowest BCUT2D eigenvalue weighted by Gasteiger charge is -2.32. The SMILES string of the molecule is Cc1cc(C)c(S(=O)(=O)N2C=CNC(=O)C2Cc2cn(C3CCOc4cc(CN(C)C(C)C)ccc43)nn2)c(C)c1. The van der Waals surface area contributed by atoms with Crippen LogP contribution in [-0.4, -0.2) is 64.3 Å². The highest BCUT2D eigenvalue weighted by molar-refractivity contribution is 7.89. The van der Waals surface area contributed by atoms with Crippen LogP contribution >= 0.6 is 0 Å². The molecule has 0 fully saturated rings. The summed E-state index contributed by atoms with van der Waals surface area (Å²) in [4.78, 5) is 15.5. The van der Waals surface area contributed by atoms with Crippen molar-refractivity contribution in [1.29, 1.82) is 0 Å². The summed E-state index contributed by atoms with van der Waals surface area (Å²) in [5.74, 6) is 0.425. The van der Waals surface area contributed by atoms with Gasteiger partial charge in [0.05, 0.1) is 23.2 Å². The highest BCUT2D eigenvalue weighted by Gasteiger charge is 2.38. The lowest BCUT2D eigenvalue weighted by molar-refractivity contribution is -0.124. The topological polar surface area (TPSA) is 110 Å². The molecule has 3 aromatic rings. The molecule has 3 heterocycles. The molecule has 5 rings (SSSR count). The van der Waals surface area contributed by atoms with Crippen LogP contribution in [0.2, 0.25) is 0 Å². The second kappa shape index (κ2) is 11.3. The molecule has 1 aromatic heterocycles. The van der Waals surface area contributed by atoms with Gasteiger partial charge in [-0.1, -0.05) is 35.0 Å². The van der Waals surface area contributed by atoms with E-state index in [1.54, 1.807) is 24.7 Å². The molecule has 1 amide bonds. The molecule has 2 atom stereocenters. The molecule has 0 saturated carbocycles. The molecular formula is C30H38N6O4S. The van der Waals surface area contributed by atoms with E-state index < -0.39 is 22.0 Å². The standard InChI is InChI=1S/C30H38N6O4S/c1-19(2)34(6)17-23-7-8-25-26(9-12-40-28(25)15-23)35-18-24(32-33-35)16-27-30(37)31-10-11-36(27)41(38,39)29-21(4)13-20(3)14-22(29)5/h7-8,10-11,13-15,18-19,26-27H,9,12,16-17H2,1-6H3,(H,31,37). The Morgan fingerprint density at radius 1 is 1.15 bits per heavy atom. The normalized spacial score (nSPS) is 18.9. The van der Waals surface area contributed by atoms with Crippen LogP contribution < -0.4 is 10.1 Å². The zero-order valence-electron chi connectivity index (χ0n) is 24.5. The molecule has 41 heavy (non-hydrogen) atoms. The number of aromatic nitrogens is 3. The van der Waals surface area contributed by atoms with Gasteiger partial charge in [-0.2, -0.15) is 0 Å². The molecule has 11 heteroatoms. The van der Waals surface area contributed by atoms with Gasteiger partial charge < -0.3 is 10.1 Å². The number of nitrogens with one attached hydrogen (secondary N) is 1. The second-order valence-corrected chi connectivity index (χ2v) is 13.1. The number of aryl methyl sites for hydroxylation is 3. The summed E-state index contributed by atoms with van der Waals surface area (Å²) in [5, 5.41) is 11.4. The van der Waals surface area contributed by atoms with Crippen LogP contribution in [0.4, 0.5) is 0 Å². The number of benzene rings is 2. The third kappa shape index (κ3) is 5.73. The van der Waals surface area contributed by atoms with Crippen molar-refractivity contribution in [3.63, 3.8) is 0 Å². The number of fused-ring (bicyclic) bond motifs is 1. The van der Waals surface area contributed by atoms with Gasteiger partial charge in [0.1, 0.15) is 11.8 Å². The number of hydrogen-bond acceptors (Lipinski definition) is 7. The van der Waals surface area contributed by atoms with Gasteiger partial charge in [0.15, 0.2) is 0 Å². The Labute approximate surface area is 242 Å². The van der Waals surface area contributed by atoms with Gasteiger partial charge >= 0.3 is 0 Å². The molecule has 0 saturated heterocycles. The number of carbonyl (C=O) groups excluding carboxylic acids is 1. The van der Waals surface area contributed by atoms with Crippen molar-refractivity contribution in [2.45, 2.75) is 77.0 Å². The van der Waals surface area contributed by atoms with Gasteiger partial charge in [0.25, 0.3) is 10.0 Å². The van der Waals surface area contributed by atoms with Crippen LogP contribution in [-0.2, 0) is 27.8 Å². The summed E-state index contributed by atoms with van der Waals surface area (Å²) in [5.41, 5.74) is 5.00. The fourth-order valence-electron chi connectivity index (χ4n) is 5.63. The van der Waals surface area contributed by atoms with Crippen LogP contribution in [0.1, 0.15) is 59.8 Å². The van der Waals surface area contributed by atoms with E-state index in [1.165, 1.54) is 18.0 Å². The number of nitrogens with zero attached hydrogens (tertiary/aromatic N) is 5. The van der Waals surface area contributed by atoms with E-state index in [0.717, 1.165) is 34.1 Å². The lowest BCUT2D eigenvalue weighted by Crippen LogP contribution is -2.50. The molecular weight excluding hydrogens is 540 g/mol. The predicted molar refractivity (Wildman–Crippen MR) is 156 cm³/mol. The molecule has 0 radical (unpaired) electrons. The molecule has 0 spiro atoms. The maximum Gasteiger partial charge on any atom is 0.265 e. The van der Waals surface area contributed by atoms with Crippen molar-refractivity contribution in [3.05, 3.63) is 82.4 Å². The van der Waals surface area contributed by atoms with Crippen molar-refractivity contribution in [1.82, 2.24) is 29.5 Å². The Hall–Kier alpha value is -3.70. The van der Waals surface area contributed by atoms with Gasteiger partial charge in [-0.15, -0.1) is 5.10 Å². The van der Waals surface area contributed by atoms with Crippen molar-refractivity contribution in [2.75, 3.05) is 13.7 Å². The van der Waals surface area contributed by atoms with Crippen LogP contribution in [0.15, 0.2) is 53.8 Å². The number of ether oxygens (including phenoxy) is 1. The monoisotopic (exact) mass is 578 g/mol. The van der Waals surface area contributed by atoms with E-state index >= 15 is 0 Å². The van der Waals surface area contributed by atoms with Gasteiger partial charge in [0, 0.05) is 49.6 Å². The molecule has 2 aliphatic heterocycles. The minimum absolute atomic E-state index is 0.0744. The molecule has 1 N–H and O–H groups in total. The highest BCUT2D eigenvalue weighted by atomic mass is 32.2. The molecule has 10 nitrogen and oxygen atoms in total. The van der Waals surface area contributed by atoms with Gasteiger partial charge in [-0.3, -0.25) is 14.0 Å². The number of hydrogen-bond donors (Lipinski definition) is 1. The molecule has 2 unspecified atom stereocenters. The van der Waals surface area contributed by atoms with E-state index in [0.29, 0.717) is 29.5 Å². The maximum atomic E-state index is 13.8. The van der Waals surface area contributed by atoms with Crippen molar-refractivity contribution in [3.8, 4) is 5.75 Å². The number of sulfonamides is 1. The predicted octanol–water partition coefficient (Wildman–Crippen LogP) is 3.62. The van der Waals surface area contributed by atoms with Crippen LogP contribution in [0.25, 0.3) is 0 Å². The fourth-order valence-corrected chi connectivity index (χ4v) is 7.50. The first-order valence-corrected chi connectivity index (χ1v) is 15.3. The lowest BCUT2D eigenvalue weighted by atomic mass is 9.98. The minimum Gasteiger partial charge on any atom is -0.493 e. The van der Waals surface area contributed by atoms with Crippen molar-refractivity contribution >= 4 is 15.9 Å². The molecule has 2 aliphatic rings. The van der Waals surface area contributed by atoms with Gasteiger partial charge in [0.2, 0.25) is 5.91 Å². The van der Waals surface area contributed by atoms with E-state index in [2.05, 4.69) is 59.6 Å². The molecule has 0 bridgehead atoms. The Morgan fingerprint density at radius 2 is 1.88 bits per heavy atom. The number of rotatable bonds is 8. The van der Waals surface area contributed by atoms with Gasteiger partial charge in [-0.05, 0) is 64.4 Å². The quantitative estimate of drug-likeness (QED) is 0.435. The molecule has 0 aliphatic carbocycles. The summed E-state index contributed by atoms with van der Waals surface area (Å²) in [7, 11) is -1.90. The van der Waals surface area contributed by atoms with Gasteiger partial charge in [-0.25, -0.2) is 13.1 Å². The summed E-state index contributed by atoms with van der Waals surface area (Å²) in [6.07, 6.45) is 5.38. The van der Waals surface area contributed by atoms with Crippen LogP contribution in [0, 0.1) is 20.8 Å². The largest absolute Gasteiger partial charge is 0.493 e. The third-order valence-electron chi connectivity index (χ3n) is 7.88. The smallest absolute Gasteiger partial charge is 0.265 e. The summed E-state index contributed by atoms with van der Waals surface area (Å²) in [6, 6.07) is 9.33. The highest BCUT2D eigenvalue weighted by Crippen LogP contribution is 2.36. The second-order valence-electron chi connectivity index (χ2n) is 11.3. The van der Waals surface area contributed by atoms with Crippen LogP contribution in [0.3, 0.4) is 0 Å². The summed E-state index contributed by atoms with van der Waals surface area (Å²) >= 11 is 0. The Kier molecular flexibility index (Phi) is 7.93. The average Bonchev–Trinajstić information content (AvgIpc) is 3.36. The Bertz CT molecular complexity index is 1570. The molecule has 2 aromatic carbocycles. The first-order chi connectivity index (χ1) is 19.5. The fraction of sp³-hybridized carbons (Fsp3) is 0.433. The molecule has 218 valence electrons. The third-order valence-corrected chi connectivity index (χ3v) is 9.97. The zero-order chi connectivity index (χ0) is 29.5. The van der Waals surface area contributed by atoms with E-state index in [9.17, 15) is 13.2 Å². The maximum absolute atomic E-state index is 13.8. The van der Waals surface area contributed by atoms with Crippen molar-refractivity contribution < 1.29 is 17.9 Å². The zero-order valence-corrected chi connectivity index (χ0v) is 25.3. The van der Waals surface area contributed by atoms with Crippen molar-refractivity contribution in [2.24, 2.45) is 0 Å². The summed E-state index contributed by atoms with van der Waals surface area (Å²) < 4.78 is 36.6. The number of carbonyl (C=O) groups is 1.